The smallest absolute Gasteiger partial charge is 0.225 e. The quantitative estimate of drug-likeness (QED) is 0.607. The van der Waals surface area contributed by atoms with E-state index in [4.69, 9.17) is 25.8 Å². The van der Waals surface area contributed by atoms with Gasteiger partial charge in [0.1, 0.15) is 0 Å². The number of rotatable bonds is 9. The summed E-state index contributed by atoms with van der Waals surface area (Å²) in [5.41, 5.74) is 1.77. The van der Waals surface area contributed by atoms with E-state index < -0.39 is 0 Å². The molecule has 3 rings (SSSR count). The van der Waals surface area contributed by atoms with Crippen LogP contribution in [0, 0.1) is 0 Å². The first kappa shape index (κ1) is 24.2. The number of hydrogen-bond donors (Lipinski definition) is 1. The molecule has 1 atom stereocenters. The lowest BCUT2D eigenvalue weighted by Crippen LogP contribution is -2.47. The van der Waals surface area contributed by atoms with Gasteiger partial charge in [-0.1, -0.05) is 29.8 Å². The Morgan fingerprint density at radius 2 is 1.66 bits per heavy atom. The lowest BCUT2D eigenvalue weighted by Gasteiger charge is -2.38. The van der Waals surface area contributed by atoms with Gasteiger partial charge >= 0.3 is 0 Å². The maximum atomic E-state index is 12.5. The molecule has 1 saturated heterocycles. The summed E-state index contributed by atoms with van der Waals surface area (Å²) < 4.78 is 16.0. The molecule has 2 aromatic carbocycles. The van der Waals surface area contributed by atoms with Gasteiger partial charge in [0.25, 0.3) is 0 Å². The maximum absolute atomic E-state index is 12.5. The molecule has 0 bridgehead atoms. The molecule has 0 saturated carbocycles. The average molecular weight is 462 g/mol. The highest BCUT2D eigenvalue weighted by molar-refractivity contribution is 6.31. The molecule has 1 unspecified atom stereocenters. The van der Waals surface area contributed by atoms with Gasteiger partial charge in [-0.3, -0.25) is 9.69 Å². The summed E-state index contributed by atoms with van der Waals surface area (Å²) in [6.45, 7) is 6.65. The van der Waals surface area contributed by atoms with E-state index in [-0.39, 0.29) is 11.9 Å². The van der Waals surface area contributed by atoms with Gasteiger partial charge in [-0.05, 0) is 18.6 Å². The number of carbonyl (C=O) groups is 1. The Morgan fingerprint density at radius 1 is 1.03 bits per heavy atom. The van der Waals surface area contributed by atoms with Crippen molar-refractivity contribution < 1.29 is 19.0 Å². The molecule has 1 amide bonds. The van der Waals surface area contributed by atoms with Gasteiger partial charge in [-0.2, -0.15) is 0 Å². The number of methoxy groups -OCH3 is 3. The molecule has 2 aromatic rings. The molecule has 174 valence electrons. The minimum absolute atomic E-state index is 0.0499. The fraction of sp³-hybridized carbons (Fsp3) is 0.458. The minimum atomic E-state index is -0.0499. The molecule has 1 aliphatic rings. The summed E-state index contributed by atoms with van der Waals surface area (Å²) in [4.78, 5) is 17.3. The van der Waals surface area contributed by atoms with E-state index in [0.717, 1.165) is 36.8 Å². The standard InChI is InChI=1S/C24H32ClN3O4/c1-17(19-7-5-6-8-20(19)25)28-13-11-27(12-14-28)10-9-23(29)26-18-15-21(30-2)24(32-4)22(16-18)31-3/h5-8,15-17H,9-14H2,1-4H3,(H,26,29). The summed E-state index contributed by atoms with van der Waals surface area (Å²) in [5, 5.41) is 3.74. The van der Waals surface area contributed by atoms with E-state index in [1.165, 1.54) is 0 Å². The minimum Gasteiger partial charge on any atom is -0.493 e. The second kappa shape index (κ2) is 11.4. The molecule has 1 N–H and O–H groups in total. The largest absolute Gasteiger partial charge is 0.493 e. The van der Waals surface area contributed by atoms with E-state index in [9.17, 15) is 4.79 Å². The van der Waals surface area contributed by atoms with Crippen LogP contribution in [-0.2, 0) is 4.79 Å². The Labute approximate surface area is 195 Å². The van der Waals surface area contributed by atoms with Crippen LogP contribution in [0.3, 0.4) is 0 Å². The highest BCUT2D eigenvalue weighted by Gasteiger charge is 2.23. The van der Waals surface area contributed by atoms with Crippen LogP contribution in [0.25, 0.3) is 0 Å². The van der Waals surface area contributed by atoms with E-state index in [1.54, 1.807) is 33.5 Å². The second-order valence-electron chi connectivity index (χ2n) is 7.79. The Kier molecular flexibility index (Phi) is 8.61. The molecule has 1 fully saturated rings. The predicted octanol–water partition coefficient (Wildman–Crippen LogP) is 4.07. The van der Waals surface area contributed by atoms with Crippen molar-refractivity contribution in [2.45, 2.75) is 19.4 Å². The second-order valence-corrected chi connectivity index (χ2v) is 8.19. The van der Waals surface area contributed by atoms with Crippen molar-refractivity contribution >= 4 is 23.2 Å². The molecule has 0 aliphatic carbocycles. The SMILES string of the molecule is COc1cc(NC(=O)CCN2CCN(C(C)c3ccccc3Cl)CC2)cc(OC)c1OC. The van der Waals surface area contributed by atoms with Gasteiger partial charge in [0.05, 0.1) is 21.3 Å². The van der Waals surface area contributed by atoms with Crippen molar-refractivity contribution in [1.29, 1.82) is 0 Å². The first-order valence-corrected chi connectivity index (χ1v) is 11.1. The third kappa shape index (κ3) is 5.85. The lowest BCUT2D eigenvalue weighted by molar-refractivity contribution is -0.116. The number of nitrogens with one attached hydrogen (secondary N) is 1. The Bertz CT molecular complexity index is 891. The number of halogens is 1. The summed E-state index contributed by atoms with van der Waals surface area (Å²) in [7, 11) is 4.65. The number of carbonyl (C=O) groups excluding carboxylic acids is 1. The van der Waals surface area contributed by atoms with Crippen LogP contribution in [0.4, 0.5) is 5.69 Å². The van der Waals surface area contributed by atoms with Crippen molar-refractivity contribution in [3.8, 4) is 17.2 Å². The Balaban J connectivity index is 1.49. The number of piperazine rings is 1. The first-order valence-electron chi connectivity index (χ1n) is 10.8. The number of amides is 1. The van der Waals surface area contributed by atoms with Crippen molar-refractivity contribution in [3.05, 3.63) is 47.0 Å². The molecule has 8 heteroatoms. The highest BCUT2D eigenvalue weighted by Crippen LogP contribution is 2.40. The average Bonchev–Trinajstić information content (AvgIpc) is 2.82. The zero-order chi connectivity index (χ0) is 23.1. The zero-order valence-electron chi connectivity index (χ0n) is 19.2. The fourth-order valence-electron chi connectivity index (χ4n) is 4.02. The van der Waals surface area contributed by atoms with Crippen molar-refractivity contribution in [2.75, 3.05) is 59.4 Å². The normalized spacial score (nSPS) is 15.8. The third-order valence-corrected chi connectivity index (χ3v) is 6.26. The molecule has 0 spiro atoms. The topological polar surface area (TPSA) is 63.3 Å². The fourth-order valence-corrected chi connectivity index (χ4v) is 4.31. The van der Waals surface area contributed by atoms with Crippen LogP contribution in [0.1, 0.15) is 24.9 Å². The summed E-state index contributed by atoms with van der Waals surface area (Å²) in [6, 6.07) is 11.8. The van der Waals surface area contributed by atoms with E-state index >= 15 is 0 Å². The highest BCUT2D eigenvalue weighted by atomic mass is 35.5. The van der Waals surface area contributed by atoms with Crippen LogP contribution in [0.15, 0.2) is 36.4 Å². The number of ether oxygens (including phenoxy) is 3. The molecule has 0 radical (unpaired) electrons. The van der Waals surface area contributed by atoms with Crippen LogP contribution in [0.5, 0.6) is 17.2 Å². The monoisotopic (exact) mass is 461 g/mol. The molecular formula is C24H32ClN3O4. The van der Waals surface area contributed by atoms with Crippen molar-refractivity contribution in [2.24, 2.45) is 0 Å². The predicted molar refractivity (Wildman–Crippen MR) is 127 cm³/mol. The number of anilines is 1. The first-order chi connectivity index (χ1) is 15.5. The van der Waals surface area contributed by atoms with Gasteiger partial charge in [-0.15, -0.1) is 0 Å². The van der Waals surface area contributed by atoms with Crippen molar-refractivity contribution in [1.82, 2.24) is 9.80 Å². The van der Waals surface area contributed by atoms with Gasteiger partial charge < -0.3 is 24.4 Å². The summed E-state index contributed by atoms with van der Waals surface area (Å²) >= 11 is 6.37. The van der Waals surface area contributed by atoms with Gasteiger partial charge in [0.2, 0.25) is 11.7 Å². The zero-order valence-corrected chi connectivity index (χ0v) is 19.9. The van der Waals surface area contributed by atoms with E-state index in [2.05, 4.69) is 28.1 Å². The van der Waals surface area contributed by atoms with Gasteiger partial charge in [0.15, 0.2) is 11.5 Å². The molecule has 0 aromatic heterocycles. The molecule has 32 heavy (non-hydrogen) atoms. The molecule has 7 nitrogen and oxygen atoms in total. The van der Waals surface area contributed by atoms with Gasteiger partial charge in [-0.25, -0.2) is 0 Å². The molecule has 1 heterocycles. The lowest BCUT2D eigenvalue weighted by atomic mass is 10.1. The Hall–Kier alpha value is -2.48. The number of benzene rings is 2. The van der Waals surface area contributed by atoms with Gasteiger partial charge in [0, 0.05) is 68.0 Å². The summed E-state index contributed by atoms with van der Waals surface area (Å²) in [6.07, 6.45) is 0.413. The van der Waals surface area contributed by atoms with Crippen LogP contribution >= 0.6 is 11.6 Å². The number of nitrogens with zero attached hydrogens (tertiary/aromatic N) is 2. The molecular weight excluding hydrogens is 430 g/mol. The molecule has 1 aliphatic heterocycles. The van der Waals surface area contributed by atoms with Crippen molar-refractivity contribution in [3.63, 3.8) is 0 Å². The number of hydrogen-bond acceptors (Lipinski definition) is 6. The van der Waals surface area contributed by atoms with Crippen LogP contribution in [0.2, 0.25) is 5.02 Å². The van der Waals surface area contributed by atoms with E-state index in [0.29, 0.717) is 35.9 Å². The van der Waals surface area contributed by atoms with Crippen LogP contribution < -0.4 is 19.5 Å². The van der Waals surface area contributed by atoms with E-state index in [1.807, 2.05) is 18.2 Å². The van der Waals surface area contributed by atoms with Crippen LogP contribution in [-0.4, -0.2) is 69.8 Å². The maximum Gasteiger partial charge on any atom is 0.225 e. The Morgan fingerprint density at radius 3 is 2.22 bits per heavy atom. The summed E-state index contributed by atoms with van der Waals surface area (Å²) in [5.74, 6) is 1.46. The third-order valence-electron chi connectivity index (χ3n) is 5.91.